The van der Waals surface area contributed by atoms with Crippen LogP contribution in [0.2, 0.25) is 0 Å². The molecule has 1 saturated heterocycles. The second-order valence-corrected chi connectivity index (χ2v) is 6.77. The Bertz CT molecular complexity index is 535. The molecular weight excluding hydrogens is 439 g/mol. The van der Waals surface area contributed by atoms with E-state index < -0.39 is 0 Å². The van der Waals surface area contributed by atoms with Gasteiger partial charge in [0.25, 0.3) is 0 Å². The summed E-state index contributed by atoms with van der Waals surface area (Å²) in [4.78, 5) is 6.90. The monoisotopic (exact) mass is 474 g/mol. The Balaban J connectivity index is 0.00000338. The fraction of sp³-hybridized carbons (Fsp3) is 0.650. The summed E-state index contributed by atoms with van der Waals surface area (Å²) in [5, 5.41) is 6.93. The molecule has 1 aromatic carbocycles. The number of halogens is 1. The van der Waals surface area contributed by atoms with Crippen molar-refractivity contribution < 1.29 is 4.74 Å². The van der Waals surface area contributed by atoms with Crippen LogP contribution in [0.1, 0.15) is 44.6 Å². The highest BCUT2D eigenvalue weighted by Crippen LogP contribution is 2.21. The third kappa shape index (κ3) is 6.95. The fourth-order valence-electron chi connectivity index (χ4n) is 3.48. The Hall–Kier alpha value is -1.02. The van der Waals surface area contributed by atoms with Crippen molar-refractivity contribution >= 4 is 29.9 Å². The Labute approximate surface area is 176 Å². The van der Waals surface area contributed by atoms with Crippen molar-refractivity contribution in [1.82, 2.24) is 15.5 Å². The van der Waals surface area contributed by atoms with Crippen molar-refractivity contribution in [3.8, 4) is 5.75 Å². The minimum absolute atomic E-state index is 0. The zero-order chi connectivity index (χ0) is 18.1. The Morgan fingerprint density at radius 2 is 2.04 bits per heavy atom. The molecule has 1 aliphatic heterocycles. The second kappa shape index (κ2) is 12.4. The molecular formula is C20H35IN4O. The van der Waals surface area contributed by atoms with Crippen molar-refractivity contribution in [3.05, 3.63) is 29.8 Å². The van der Waals surface area contributed by atoms with Gasteiger partial charge in [-0.05, 0) is 56.0 Å². The average molecular weight is 474 g/mol. The summed E-state index contributed by atoms with van der Waals surface area (Å²) in [6.07, 6.45) is 3.66. The molecule has 148 valence electrons. The normalized spacial score (nSPS) is 18.9. The van der Waals surface area contributed by atoms with Crippen molar-refractivity contribution in [1.29, 1.82) is 0 Å². The number of likely N-dealkylation sites (N-methyl/N-ethyl adjacent to an activating group) is 1. The lowest BCUT2D eigenvalue weighted by Crippen LogP contribution is -2.45. The topological polar surface area (TPSA) is 48.9 Å². The number of rotatable bonds is 8. The van der Waals surface area contributed by atoms with Crippen LogP contribution in [0, 0.1) is 0 Å². The van der Waals surface area contributed by atoms with E-state index in [1.807, 2.05) is 19.2 Å². The Morgan fingerprint density at radius 3 is 2.65 bits per heavy atom. The number of aliphatic imine (C=N–C) groups is 1. The highest BCUT2D eigenvalue weighted by atomic mass is 127. The van der Waals surface area contributed by atoms with E-state index in [0.29, 0.717) is 12.0 Å². The molecule has 1 aromatic rings. The summed E-state index contributed by atoms with van der Waals surface area (Å²) in [5.74, 6) is 2.32. The molecule has 5 nitrogen and oxygen atoms in total. The van der Waals surface area contributed by atoms with Crippen LogP contribution in [0.4, 0.5) is 0 Å². The van der Waals surface area contributed by atoms with E-state index in [0.717, 1.165) is 37.8 Å². The van der Waals surface area contributed by atoms with Crippen LogP contribution in [0.25, 0.3) is 0 Å². The van der Waals surface area contributed by atoms with Crippen LogP contribution in [0.15, 0.2) is 29.3 Å². The van der Waals surface area contributed by atoms with Gasteiger partial charge >= 0.3 is 0 Å². The van der Waals surface area contributed by atoms with Gasteiger partial charge in [0.2, 0.25) is 0 Å². The zero-order valence-corrected chi connectivity index (χ0v) is 19.0. The number of benzene rings is 1. The molecule has 1 heterocycles. The molecule has 2 N–H and O–H groups in total. The van der Waals surface area contributed by atoms with Gasteiger partial charge in [-0.25, -0.2) is 0 Å². The number of nitrogens with zero attached hydrogens (tertiary/aromatic N) is 2. The standard InChI is InChI=1S/C20H34N4O.HI/c1-5-24-14-6-7-18(24)15-23-20(21-3)22-13-12-16(2)17-8-10-19(25-4)11-9-17;/h8-11,16,18H,5-7,12-15H2,1-4H3,(H2,21,22,23);1H. The van der Waals surface area contributed by atoms with E-state index in [2.05, 4.69) is 46.5 Å². The molecule has 0 radical (unpaired) electrons. The van der Waals surface area contributed by atoms with Gasteiger partial charge in [-0.3, -0.25) is 9.89 Å². The number of methoxy groups -OCH3 is 1. The van der Waals surface area contributed by atoms with Crippen molar-refractivity contribution in [3.63, 3.8) is 0 Å². The molecule has 0 spiro atoms. The van der Waals surface area contributed by atoms with E-state index in [1.54, 1.807) is 7.11 Å². The van der Waals surface area contributed by atoms with Gasteiger partial charge in [0.1, 0.15) is 5.75 Å². The van der Waals surface area contributed by atoms with E-state index in [4.69, 9.17) is 4.74 Å². The van der Waals surface area contributed by atoms with E-state index in [9.17, 15) is 0 Å². The molecule has 1 fully saturated rings. The van der Waals surface area contributed by atoms with Crippen molar-refractivity contribution in [2.75, 3.05) is 40.3 Å². The summed E-state index contributed by atoms with van der Waals surface area (Å²) < 4.78 is 5.22. The minimum atomic E-state index is 0. The molecule has 0 aromatic heterocycles. The van der Waals surface area contributed by atoms with Crippen LogP contribution >= 0.6 is 24.0 Å². The molecule has 2 atom stereocenters. The number of ether oxygens (including phenoxy) is 1. The first-order valence-electron chi connectivity index (χ1n) is 9.50. The molecule has 2 rings (SSSR count). The summed E-state index contributed by atoms with van der Waals surface area (Å²) in [5.41, 5.74) is 1.34. The van der Waals surface area contributed by atoms with Crippen molar-refractivity contribution in [2.45, 2.75) is 45.1 Å². The van der Waals surface area contributed by atoms with Gasteiger partial charge < -0.3 is 15.4 Å². The lowest BCUT2D eigenvalue weighted by Gasteiger charge is -2.24. The lowest BCUT2D eigenvalue weighted by atomic mass is 9.98. The van der Waals surface area contributed by atoms with Crippen LogP contribution in [-0.2, 0) is 0 Å². The Kier molecular flexibility index (Phi) is 11.0. The number of hydrogen-bond acceptors (Lipinski definition) is 3. The Morgan fingerprint density at radius 1 is 1.31 bits per heavy atom. The molecule has 0 bridgehead atoms. The molecule has 1 aliphatic rings. The third-order valence-corrected chi connectivity index (χ3v) is 5.19. The van der Waals surface area contributed by atoms with Crippen LogP contribution in [0.5, 0.6) is 5.75 Å². The second-order valence-electron chi connectivity index (χ2n) is 6.77. The van der Waals surface area contributed by atoms with Crippen molar-refractivity contribution in [2.24, 2.45) is 4.99 Å². The molecule has 2 unspecified atom stereocenters. The predicted octanol–water partition coefficient (Wildman–Crippen LogP) is 3.46. The van der Waals surface area contributed by atoms with Gasteiger partial charge in [0, 0.05) is 26.2 Å². The number of nitrogens with one attached hydrogen (secondary N) is 2. The lowest BCUT2D eigenvalue weighted by molar-refractivity contribution is 0.267. The SMILES string of the molecule is CCN1CCCC1CNC(=NC)NCCC(C)c1ccc(OC)cc1.I. The van der Waals surface area contributed by atoms with E-state index in [-0.39, 0.29) is 24.0 Å². The molecule has 26 heavy (non-hydrogen) atoms. The number of guanidine groups is 1. The summed E-state index contributed by atoms with van der Waals surface area (Å²) >= 11 is 0. The number of likely N-dealkylation sites (tertiary alicyclic amines) is 1. The number of hydrogen-bond donors (Lipinski definition) is 2. The first-order valence-corrected chi connectivity index (χ1v) is 9.50. The first-order chi connectivity index (χ1) is 12.2. The van der Waals surface area contributed by atoms with Crippen LogP contribution < -0.4 is 15.4 Å². The first kappa shape index (κ1) is 23.0. The predicted molar refractivity (Wildman–Crippen MR) is 121 cm³/mol. The molecule has 0 saturated carbocycles. The minimum Gasteiger partial charge on any atom is -0.497 e. The van der Waals surface area contributed by atoms with Crippen LogP contribution in [0.3, 0.4) is 0 Å². The largest absolute Gasteiger partial charge is 0.497 e. The quantitative estimate of drug-likeness (QED) is 0.344. The van der Waals surface area contributed by atoms with Gasteiger partial charge in [-0.1, -0.05) is 26.0 Å². The third-order valence-electron chi connectivity index (χ3n) is 5.19. The zero-order valence-electron chi connectivity index (χ0n) is 16.6. The summed E-state index contributed by atoms with van der Waals surface area (Å²) in [6, 6.07) is 9.00. The highest BCUT2D eigenvalue weighted by Gasteiger charge is 2.22. The highest BCUT2D eigenvalue weighted by molar-refractivity contribution is 14.0. The summed E-state index contributed by atoms with van der Waals surface area (Å²) in [6.45, 7) is 8.76. The smallest absolute Gasteiger partial charge is 0.191 e. The van der Waals surface area contributed by atoms with Gasteiger partial charge in [-0.15, -0.1) is 24.0 Å². The van der Waals surface area contributed by atoms with Gasteiger partial charge in [0.15, 0.2) is 5.96 Å². The van der Waals surface area contributed by atoms with Gasteiger partial charge in [-0.2, -0.15) is 0 Å². The average Bonchev–Trinajstić information content (AvgIpc) is 3.12. The maximum atomic E-state index is 5.22. The summed E-state index contributed by atoms with van der Waals surface area (Å²) in [7, 11) is 3.54. The van der Waals surface area contributed by atoms with Gasteiger partial charge in [0.05, 0.1) is 7.11 Å². The molecule has 0 aliphatic carbocycles. The maximum Gasteiger partial charge on any atom is 0.191 e. The van der Waals surface area contributed by atoms with Crippen LogP contribution in [-0.4, -0.2) is 57.2 Å². The van der Waals surface area contributed by atoms with E-state index >= 15 is 0 Å². The molecule has 0 amide bonds. The maximum absolute atomic E-state index is 5.22. The fourth-order valence-corrected chi connectivity index (χ4v) is 3.48. The molecule has 6 heteroatoms. The van der Waals surface area contributed by atoms with E-state index in [1.165, 1.54) is 24.9 Å².